The molecule has 1 atom stereocenters. The fraction of sp³-hybridized carbons (Fsp3) is 0.462. The van der Waals surface area contributed by atoms with Gasteiger partial charge in [0, 0.05) is 30.5 Å². The van der Waals surface area contributed by atoms with Gasteiger partial charge in [-0.15, -0.1) is 10.2 Å². The van der Waals surface area contributed by atoms with Crippen LogP contribution >= 0.6 is 0 Å². The number of nitrogens with zero attached hydrogens (tertiary/aromatic N) is 4. The third-order valence-corrected chi connectivity index (χ3v) is 3.40. The summed E-state index contributed by atoms with van der Waals surface area (Å²) in [5, 5.41) is 12.1. The second kappa shape index (κ2) is 4.49. The minimum absolute atomic E-state index is 0.318. The highest BCUT2D eigenvalue weighted by Crippen LogP contribution is 2.24. The van der Waals surface area contributed by atoms with Crippen molar-refractivity contribution in [3.63, 3.8) is 0 Å². The molecule has 1 N–H and O–H groups in total. The van der Waals surface area contributed by atoms with Gasteiger partial charge in [0.1, 0.15) is 0 Å². The maximum atomic E-state index is 4.33. The average Bonchev–Trinajstić information content (AvgIpc) is 2.83. The smallest absolute Gasteiger partial charge is 0.165 e. The Morgan fingerprint density at radius 3 is 3.00 bits per heavy atom. The Balaban J connectivity index is 2.04. The summed E-state index contributed by atoms with van der Waals surface area (Å²) in [6.45, 7) is 6.03. The van der Waals surface area contributed by atoms with Gasteiger partial charge in [0.05, 0.1) is 6.04 Å². The largest absolute Gasteiger partial charge is 0.308 e. The van der Waals surface area contributed by atoms with Gasteiger partial charge < -0.3 is 9.88 Å². The number of rotatable bonds is 2. The Morgan fingerprint density at radius 2 is 2.28 bits per heavy atom. The van der Waals surface area contributed by atoms with E-state index in [1.165, 1.54) is 0 Å². The van der Waals surface area contributed by atoms with Crippen molar-refractivity contribution in [2.75, 3.05) is 6.54 Å². The first-order chi connectivity index (χ1) is 8.79. The van der Waals surface area contributed by atoms with Crippen LogP contribution in [-0.2, 0) is 6.54 Å². The lowest BCUT2D eigenvalue weighted by molar-refractivity contribution is 0.407. The highest BCUT2D eigenvalue weighted by molar-refractivity contribution is 5.54. The van der Waals surface area contributed by atoms with E-state index >= 15 is 0 Å². The second-order valence-corrected chi connectivity index (χ2v) is 4.64. The Morgan fingerprint density at radius 1 is 1.39 bits per heavy atom. The van der Waals surface area contributed by atoms with Crippen LogP contribution in [0.1, 0.15) is 30.9 Å². The van der Waals surface area contributed by atoms with E-state index in [2.05, 4.69) is 38.1 Å². The molecule has 5 nitrogen and oxygen atoms in total. The summed E-state index contributed by atoms with van der Waals surface area (Å²) in [4.78, 5) is 4.33. The van der Waals surface area contributed by atoms with Gasteiger partial charge in [0.25, 0.3) is 0 Å². The zero-order valence-corrected chi connectivity index (χ0v) is 10.7. The Kier molecular flexibility index (Phi) is 2.83. The number of aryl methyl sites for hydroxylation is 1. The third-order valence-electron chi connectivity index (χ3n) is 3.40. The summed E-state index contributed by atoms with van der Waals surface area (Å²) >= 11 is 0. The van der Waals surface area contributed by atoms with E-state index in [0.29, 0.717) is 6.04 Å². The lowest BCUT2D eigenvalue weighted by atomic mass is 10.1. The number of hydrogen-bond acceptors (Lipinski definition) is 4. The van der Waals surface area contributed by atoms with Gasteiger partial charge in [-0.1, -0.05) is 6.92 Å². The van der Waals surface area contributed by atoms with Crippen LogP contribution in [0.4, 0.5) is 0 Å². The van der Waals surface area contributed by atoms with Gasteiger partial charge in [-0.25, -0.2) is 0 Å². The molecule has 1 unspecified atom stereocenters. The summed E-state index contributed by atoms with van der Waals surface area (Å²) in [6.07, 6.45) is 2.90. The normalized spacial score (nSPS) is 18.7. The fourth-order valence-corrected chi connectivity index (χ4v) is 2.38. The molecule has 3 heterocycles. The molecule has 94 valence electrons. The lowest BCUT2D eigenvalue weighted by Gasteiger charge is -2.23. The number of fused-ring (bicyclic) bond motifs is 1. The molecule has 0 aliphatic carbocycles. The van der Waals surface area contributed by atoms with E-state index in [-0.39, 0.29) is 0 Å². The Labute approximate surface area is 106 Å². The predicted octanol–water partition coefficient (Wildman–Crippen LogP) is 1.70. The number of aromatic nitrogens is 4. The van der Waals surface area contributed by atoms with E-state index in [4.69, 9.17) is 0 Å². The molecule has 0 bridgehead atoms. The van der Waals surface area contributed by atoms with Crippen molar-refractivity contribution in [1.29, 1.82) is 0 Å². The molecule has 18 heavy (non-hydrogen) atoms. The SMILES string of the molecule is CCC1NCCn2c(-c3ccc(C)nc3)nnc21. The molecular weight excluding hydrogens is 226 g/mol. The zero-order chi connectivity index (χ0) is 12.5. The highest BCUT2D eigenvalue weighted by atomic mass is 15.3. The molecule has 0 saturated heterocycles. The molecule has 2 aromatic heterocycles. The van der Waals surface area contributed by atoms with Crippen molar-refractivity contribution in [3.8, 4) is 11.4 Å². The van der Waals surface area contributed by atoms with Gasteiger partial charge in [-0.2, -0.15) is 0 Å². The van der Waals surface area contributed by atoms with Crippen LogP contribution in [0.2, 0.25) is 0 Å². The first-order valence-corrected chi connectivity index (χ1v) is 6.39. The summed E-state index contributed by atoms with van der Waals surface area (Å²) < 4.78 is 2.21. The van der Waals surface area contributed by atoms with Crippen molar-refractivity contribution >= 4 is 0 Å². The van der Waals surface area contributed by atoms with Crippen molar-refractivity contribution in [2.45, 2.75) is 32.9 Å². The Bertz CT molecular complexity index is 543. The molecule has 0 radical (unpaired) electrons. The zero-order valence-electron chi connectivity index (χ0n) is 10.7. The molecule has 1 aliphatic rings. The van der Waals surface area contributed by atoms with Crippen molar-refractivity contribution in [1.82, 2.24) is 25.1 Å². The number of pyridine rings is 1. The molecular formula is C13H17N5. The van der Waals surface area contributed by atoms with E-state index < -0.39 is 0 Å². The Hall–Kier alpha value is -1.75. The minimum atomic E-state index is 0.318. The van der Waals surface area contributed by atoms with Gasteiger partial charge >= 0.3 is 0 Å². The predicted molar refractivity (Wildman–Crippen MR) is 69.0 cm³/mol. The van der Waals surface area contributed by atoms with Crippen molar-refractivity contribution in [3.05, 3.63) is 29.8 Å². The molecule has 0 saturated carbocycles. The molecule has 0 amide bonds. The summed E-state index contributed by atoms with van der Waals surface area (Å²) in [6, 6.07) is 4.39. The van der Waals surface area contributed by atoms with Crippen LogP contribution in [-0.4, -0.2) is 26.3 Å². The van der Waals surface area contributed by atoms with Crippen molar-refractivity contribution < 1.29 is 0 Å². The summed E-state index contributed by atoms with van der Waals surface area (Å²) in [5.41, 5.74) is 2.06. The number of nitrogens with one attached hydrogen (secondary N) is 1. The summed E-state index contributed by atoms with van der Waals surface area (Å²) in [7, 11) is 0. The van der Waals surface area contributed by atoms with Gasteiger partial charge in [0.15, 0.2) is 11.6 Å². The average molecular weight is 243 g/mol. The first kappa shape index (κ1) is 11.3. The van der Waals surface area contributed by atoms with Crippen LogP contribution in [0.25, 0.3) is 11.4 Å². The molecule has 0 fully saturated rings. The third kappa shape index (κ3) is 1.80. The fourth-order valence-electron chi connectivity index (χ4n) is 2.38. The van der Waals surface area contributed by atoms with E-state index in [1.54, 1.807) is 0 Å². The van der Waals surface area contributed by atoms with E-state index in [0.717, 1.165) is 42.4 Å². The van der Waals surface area contributed by atoms with Crippen LogP contribution < -0.4 is 5.32 Å². The maximum Gasteiger partial charge on any atom is 0.165 e. The van der Waals surface area contributed by atoms with Crippen LogP contribution in [0.3, 0.4) is 0 Å². The highest BCUT2D eigenvalue weighted by Gasteiger charge is 2.23. The minimum Gasteiger partial charge on any atom is -0.308 e. The first-order valence-electron chi connectivity index (χ1n) is 6.39. The van der Waals surface area contributed by atoms with E-state index in [9.17, 15) is 0 Å². The standard InChI is InChI=1S/C13H17N5/c1-3-11-13-17-16-12(18(13)7-6-14-11)10-5-4-9(2)15-8-10/h4-5,8,11,14H,3,6-7H2,1-2H3. The molecule has 5 heteroatoms. The van der Waals surface area contributed by atoms with Crippen LogP contribution in [0.5, 0.6) is 0 Å². The van der Waals surface area contributed by atoms with Crippen LogP contribution in [0, 0.1) is 6.92 Å². The van der Waals surface area contributed by atoms with Gasteiger partial charge in [-0.3, -0.25) is 4.98 Å². The molecule has 0 spiro atoms. The second-order valence-electron chi connectivity index (χ2n) is 4.64. The molecule has 0 aromatic carbocycles. The van der Waals surface area contributed by atoms with Crippen LogP contribution in [0.15, 0.2) is 18.3 Å². The molecule has 2 aromatic rings. The number of hydrogen-bond donors (Lipinski definition) is 1. The van der Waals surface area contributed by atoms with E-state index in [1.807, 2.05) is 19.2 Å². The molecule has 3 rings (SSSR count). The topological polar surface area (TPSA) is 55.6 Å². The van der Waals surface area contributed by atoms with Gasteiger partial charge in [0.2, 0.25) is 0 Å². The van der Waals surface area contributed by atoms with Gasteiger partial charge in [-0.05, 0) is 25.5 Å². The lowest BCUT2D eigenvalue weighted by Crippen LogP contribution is -2.33. The van der Waals surface area contributed by atoms with Crippen molar-refractivity contribution in [2.24, 2.45) is 0 Å². The quantitative estimate of drug-likeness (QED) is 0.872. The summed E-state index contributed by atoms with van der Waals surface area (Å²) in [5.74, 6) is 1.97. The maximum absolute atomic E-state index is 4.33. The molecule has 1 aliphatic heterocycles. The monoisotopic (exact) mass is 243 g/mol.